The fourth-order valence-electron chi connectivity index (χ4n) is 1.23. The zero-order valence-electron chi connectivity index (χ0n) is 8.96. The number of halogens is 3. The van der Waals surface area contributed by atoms with Crippen molar-refractivity contribution < 1.29 is 0 Å². The molecule has 1 nitrogen and oxygen atoms in total. The van der Waals surface area contributed by atoms with Gasteiger partial charge in [-0.25, -0.2) is 0 Å². The predicted molar refractivity (Wildman–Crippen MR) is 97.8 cm³/mol. The summed E-state index contributed by atoms with van der Waals surface area (Å²) in [7, 11) is 0. The summed E-state index contributed by atoms with van der Waals surface area (Å²) in [6.45, 7) is 6.52. The lowest BCUT2D eigenvalue weighted by Gasteiger charge is -2.20. The quantitative estimate of drug-likeness (QED) is 0.393. The highest BCUT2D eigenvalue weighted by molar-refractivity contribution is 14.4. The smallest absolute Gasteiger partial charge is 0.355 e. The van der Waals surface area contributed by atoms with Crippen LogP contribution in [-0.2, 0) is 0 Å². The molecule has 0 saturated heterocycles. The van der Waals surface area contributed by atoms with Gasteiger partial charge in [0, 0.05) is 18.8 Å². The second-order valence-corrected chi connectivity index (χ2v) is 13.6. The van der Waals surface area contributed by atoms with Crippen LogP contribution in [0.1, 0.15) is 13.8 Å². The molecule has 0 saturated carbocycles. The van der Waals surface area contributed by atoms with Crippen LogP contribution in [0.4, 0.5) is 5.69 Å². The monoisotopic (exact) mass is 541 g/mol. The van der Waals surface area contributed by atoms with Crippen molar-refractivity contribution in [3.8, 4) is 0 Å². The SMILES string of the molecule is CCN(CC)c1ccccc1.IB(I)I. The normalized spacial score (nSPS) is 8.87. The van der Waals surface area contributed by atoms with Gasteiger partial charge in [-0.05, 0) is 26.0 Å². The zero-order valence-corrected chi connectivity index (χ0v) is 15.4. The van der Waals surface area contributed by atoms with E-state index in [1.54, 1.807) is 0 Å². The number of nitrogens with zero attached hydrogens (tertiary/aromatic N) is 1. The van der Waals surface area contributed by atoms with Crippen molar-refractivity contribution in [3.63, 3.8) is 0 Å². The Bertz CT molecular complexity index is 237. The van der Waals surface area contributed by atoms with Gasteiger partial charge in [0.1, 0.15) is 0 Å². The Morgan fingerprint density at radius 2 is 1.40 bits per heavy atom. The number of rotatable bonds is 3. The van der Waals surface area contributed by atoms with E-state index in [4.69, 9.17) is 0 Å². The van der Waals surface area contributed by atoms with Crippen LogP contribution in [0, 0.1) is 0 Å². The van der Waals surface area contributed by atoms with Gasteiger partial charge in [-0.2, -0.15) is 0 Å². The van der Waals surface area contributed by atoms with Crippen LogP contribution < -0.4 is 4.90 Å². The molecular weight excluding hydrogens is 526 g/mol. The van der Waals surface area contributed by atoms with E-state index in [2.05, 4.69) is 110 Å². The first kappa shape index (κ1) is 16.3. The third-order valence-electron chi connectivity index (χ3n) is 1.88. The van der Waals surface area contributed by atoms with Gasteiger partial charge in [0.05, 0.1) is 0 Å². The molecule has 0 amide bonds. The number of hydrogen-bond acceptors (Lipinski definition) is 1. The summed E-state index contributed by atoms with van der Waals surface area (Å²) in [5, 5.41) is 0. The zero-order chi connectivity index (χ0) is 11.7. The van der Waals surface area contributed by atoms with Gasteiger partial charge < -0.3 is 4.90 Å². The van der Waals surface area contributed by atoms with Gasteiger partial charge in [-0.3, -0.25) is 0 Å². The topological polar surface area (TPSA) is 3.24 Å². The van der Waals surface area contributed by atoms with E-state index in [0.29, 0.717) is 0 Å². The average molecular weight is 541 g/mol. The maximum absolute atomic E-state index is 2.33. The highest BCUT2D eigenvalue weighted by atomic mass is 127. The van der Waals surface area contributed by atoms with Crippen molar-refractivity contribution in [1.82, 2.24) is 0 Å². The minimum absolute atomic E-state index is 0.743. The van der Waals surface area contributed by atoms with Crippen molar-refractivity contribution in [3.05, 3.63) is 30.3 Å². The molecule has 0 spiro atoms. The summed E-state index contributed by atoms with van der Waals surface area (Å²) in [6, 6.07) is 10.5. The summed E-state index contributed by atoms with van der Waals surface area (Å²) in [6.07, 6.45) is 0. The van der Waals surface area contributed by atoms with Crippen LogP contribution in [0.15, 0.2) is 30.3 Å². The standard InChI is InChI=1S/C10H15N.BI3/c1-3-11(4-2)10-8-6-5-7-9-10;2-1(3)4/h5-9H,3-4H2,1-2H3;. The summed E-state index contributed by atoms with van der Waals surface area (Å²) in [5.41, 5.74) is 1.32. The van der Waals surface area contributed by atoms with Gasteiger partial charge in [0.25, 0.3) is 0 Å². The van der Waals surface area contributed by atoms with Gasteiger partial charge in [0.15, 0.2) is 0 Å². The molecular formula is C10H15BI3N. The fraction of sp³-hybridized carbons (Fsp3) is 0.400. The highest BCUT2D eigenvalue weighted by Gasteiger charge is 1.97. The molecule has 0 aliphatic carbocycles. The minimum atomic E-state index is 0.743. The molecule has 0 unspecified atom stereocenters. The van der Waals surface area contributed by atoms with Crippen LogP contribution in [0.5, 0.6) is 0 Å². The van der Waals surface area contributed by atoms with Crippen molar-refractivity contribution in [1.29, 1.82) is 0 Å². The summed E-state index contributed by atoms with van der Waals surface area (Å²) in [4.78, 5) is 2.33. The molecule has 0 radical (unpaired) electrons. The first-order valence-electron chi connectivity index (χ1n) is 4.84. The second kappa shape index (κ2) is 10.4. The lowest BCUT2D eigenvalue weighted by molar-refractivity contribution is 0.866. The van der Waals surface area contributed by atoms with E-state index in [1.165, 1.54) is 5.69 Å². The number of benzene rings is 1. The summed E-state index contributed by atoms with van der Waals surface area (Å²) >= 11 is 6.95. The molecule has 0 aliphatic heterocycles. The second-order valence-electron chi connectivity index (χ2n) is 2.76. The third kappa shape index (κ3) is 9.02. The molecule has 84 valence electrons. The maximum Gasteiger partial charge on any atom is 0.355 e. The van der Waals surface area contributed by atoms with E-state index >= 15 is 0 Å². The Morgan fingerprint density at radius 1 is 1.00 bits per heavy atom. The molecule has 5 heteroatoms. The lowest BCUT2D eigenvalue weighted by atomic mass is 10.3. The molecule has 0 atom stereocenters. The van der Waals surface area contributed by atoms with E-state index in [9.17, 15) is 0 Å². The number of para-hydroxylation sites is 1. The van der Waals surface area contributed by atoms with E-state index in [1.807, 2.05) is 6.07 Å². The Kier molecular flexibility index (Phi) is 11.3. The van der Waals surface area contributed by atoms with Crippen molar-refractivity contribution in [2.45, 2.75) is 13.8 Å². The molecule has 1 rings (SSSR count). The van der Waals surface area contributed by atoms with Crippen molar-refractivity contribution >= 4 is 73.1 Å². The van der Waals surface area contributed by atoms with Crippen molar-refractivity contribution in [2.75, 3.05) is 18.0 Å². The minimum Gasteiger partial charge on any atom is -0.372 e. The molecule has 1 aromatic carbocycles. The van der Waals surface area contributed by atoms with E-state index in [0.717, 1.165) is 13.4 Å². The van der Waals surface area contributed by atoms with Gasteiger partial charge >= 0.3 is 0.282 Å². The molecule has 0 heterocycles. The molecule has 0 aliphatic rings. The largest absolute Gasteiger partial charge is 0.372 e. The van der Waals surface area contributed by atoms with Crippen LogP contribution in [-0.4, -0.2) is 13.4 Å². The molecule has 0 bridgehead atoms. The Labute approximate surface area is 133 Å². The Hall–Kier alpha value is 1.27. The fourth-order valence-corrected chi connectivity index (χ4v) is 1.23. The molecule has 1 aromatic rings. The lowest BCUT2D eigenvalue weighted by Crippen LogP contribution is -2.21. The predicted octanol–water partition coefficient (Wildman–Crippen LogP) is 4.81. The average Bonchev–Trinajstić information content (AvgIpc) is 2.20. The first-order chi connectivity index (χ1) is 7.11. The number of hydrogen-bond donors (Lipinski definition) is 0. The molecule has 0 aromatic heterocycles. The van der Waals surface area contributed by atoms with Crippen LogP contribution >= 0.6 is 67.1 Å². The third-order valence-corrected chi connectivity index (χ3v) is 1.88. The summed E-state index contributed by atoms with van der Waals surface area (Å²) in [5.74, 6) is 0. The van der Waals surface area contributed by atoms with Gasteiger partial charge in [0.2, 0.25) is 0 Å². The van der Waals surface area contributed by atoms with Crippen LogP contribution in [0.25, 0.3) is 0 Å². The molecule has 0 N–H and O–H groups in total. The van der Waals surface area contributed by atoms with Crippen LogP contribution in [0.2, 0.25) is 0 Å². The summed E-state index contributed by atoms with van der Waals surface area (Å²) < 4.78 is 0.743. The van der Waals surface area contributed by atoms with Crippen LogP contribution in [0.3, 0.4) is 0 Å². The molecule has 15 heavy (non-hydrogen) atoms. The number of anilines is 1. The Morgan fingerprint density at radius 3 is 1.73 bits per heavy atom. The first-order valence-corrected chi connectivity index (χ1v) is 8.57. The highest BCUT2D eigenvalue weighted by Crippen LogP contribution is 2.11. The van der Waals surface area contributed by atoms with Crippen molar-refractivity contribution in [2.24, 2.45) is 0 Å². The maximum atomic E-state index is 2.33. The van der Waals surface area contributed by atoms with E-state index < -0.39 is 0 Å². The Balaban J connectivity index is 0.000000423. The van der Waals surface area contributed by atoms with Gasteiger partial charge in [-0.1, -0.05) is 18.2 Å². The molecule has 0 fully saturated rings. The van der Waals surface area contributed by atoms with Gasteiger partial charge in [-0.15, -0.1) is 67.1 Å². The van der Waals surface area contributed by atoms with E-state index in [-0.39, 0.29) is 0 Å².